The molecule has 2 rings (SSSR count). The zero-order valence-corrected chi connectivity index (χ0v) is 10.8. The van der Waals surface area contributed by atoms with Crippen molar-refractivity contribution in [2.24, 2.45) is 5.92 Å². The molecule has 102 valence electrons. The van der Waals surface area contributed by atoms with E-state index in [2.05, 4.69) is 6.92 Å². The van der Waals surface area contributed by atoms with Gasteiger partial charge in [-0.15, -0.1) is 0 Å². The number of hydrogen-bond acceptors (Lipinski definition) is 2. The van der Waals surface area contributed by atoms with Crippen molar-refractivity contribution < 1.29 is 13.2 Å². The normalized spacial score (nSPS) is 23.5. The van der Waals surface area contributed by atoms with Crippen molar-refractivity contribution in [2.75, 3.05) is 11.4 Å². The Hall–Kier alpha value is -1.70. The molecule has 2 unspecified atom stereocenters. The lowest BCUT2D eigenvalue weighted by molar-refractivity contribution is -0.137. The molecule has 0 bridgehead atoms. The highest BCUT2D eigenvalue weighted by Crippen LogP contribution is 2.36. The molecular formula is C14H15F3N2. The molecule has 1 aliphatic heterocycles. The second-order valence-electron chi connectivity index (χ2n) is 5.18. The molecule has 1 heterocycles. The van der Waals surface area contributed by atoms with Crippen molar-refractivity contribution in [3.8, 4) is 6.07 Å². The topological polar surface area (TPSA) is 27.0 Å². The Kier molecular flexibility index (Phi) is 3.44. The average Bonchev–Trinajstić information content (AvgIpc) is 2.66. The molecule has 2 atom stereocenters. The molecule has 0 N–H and O–H groups in total. The van der Waals surface area contributed by atoms with E-state index in [4.69, 9.17) is 5.26 Å². The first-order valence-corrected chi connectivity index (χ1v) is 6.21. The molecule has 19 heavy (non-hydrogen) atoms. The third-order valence-corrected chi connectivity index (χ3v) is 3.54. The molecule has 1 fully saturated rings. The van der Waals surface area contributed by atoms with Crippen molar-refractivity contribution in [2.45, 2.75) is 32.5 Å². The highest BCUT2D eigenvalue weighted by molar-refractivity contribution is 5.56. The van der Waals surface area contributed by atoms with E-state index in [0.29, 0.717) is 11.6 Å². The zero-order chi connectivity index (χ0) is 14.2. The summed E-state index contributed by atoms with van der Waals surface area (Å²) in [6.07, 6.45) is -3.52. The summed E-state index contributed by atoms with van der Waals surface area (Å²) in [5.41, 5.74) is -0.626. The lowest BCUT2D eigenvalue weighted by atomic mass is 10.1. The first-order chi connectivity index (χ1) is 8.82. The predicted molar refractivity (Wildman–Crippen MR) is 66.7 cm³/mol. The molecule has 2 nitrogen and oxygen atoms in total. The smallest absolute Gasteiger partial charge is 0.369 e. The van der Waals surface area contributed by atoms with Crippen LogP contribution in [-0.4, -0.2) is 12.6 Å². The number of halogens is 3. The van der Waals surface area contributed by atoms with Crippen LogP contribution in [0.2, 0.25) is 0 Å². The van der Waals surface area contributed by atoms with Crippen molar-refractivity contribution in [3.63, 3.8) is 0 Å². The summed E-state index contributed by atoms with van der Waals surface area (Å²) < 4.78 is 38.7. The van der Waals surface area contributed by atoms with Crippen molar-refractivity contribution >= 4 is 5.69 Å². The molecular weight excluding hydrogens is 253 g/mol. The minimum atomic E-state index is -4.49. The second kappa shape index (κ2) is 4.76. The van der Waals surface area contributed by atoms with E-state index < -0.39 is 11.7 Å². The molecule has 0 aromatic heterocycles. The minimum Gasteiger partial charge on any atom is -0.369 e. The van der Waals surface area contributed by atoms with E-state index in [1.165, 1.54) is 6.07 Å². The molecule has 0 radical (unpaired) electrons. The van der Waals surface area contributed by atoms with Gasteiger partial charge >= 0.3 is 6.18 Å². The monoisotopic (exact) mass is 268 g/mol. The highest BCUT2D eigenvalue weighted by Gasteiger charge is 2.35. The average molecular weight is 268 g/mol. The molecule has 1 aliphatic rings. The van der Waals surface area contributed by atoms with E-state index in [-0.39, 0.29) is 11.6 Å². The van der Waals surface area contributed by atoms with Crippen LogP contribution in [0, 0.1) is 17.2 Å². The number of rotatable bonds is 1. The second-order valence-corrected chi connectivity index (χ2v) is 5.18. The fourth-order valence-corrected chi connectivity index (χ4v) is 2.70. The highest BCUT2D eigenvalue weighted by atomic mass is 19.4. The van der Waals surface area contributed by atoms with Crippen LogP contribution in [-0.2, 0) is 6.18 Å². The quantitative estimate of drug-likeness (QED) is 0.774. The summed E-state index contributed by atoms with van der Waals surface area (Å²) in [5.74, 6) is 0.472. The van der Waals surface area contributed by atoms with Crippen molar-refractivity contribution in [3.05, 3.63) is 29.3 Å². The van der Waals surface area contributed by atoms with Crippen LogP contribution in [0.3, 0.4) is 0 Å². The van der Waals surface area contributed by atoms with Crippen LogP contribution in [0.25, 0.3) is 0 Å². The Labute approximate surface area is 110 Å². The summed E-state index contributed by atoms with van der Waals surface area (Å²) in [6.45, 7) is 4.85. The first-order valence-electron chi connectivity index (χ1n) is 6.21. The van der Waals surface area contributed by atoms with Crippen LogP contribution < -0.4 is 4.90 Å². The Balaban J connectivity index is 2.42. The van der Waals surface area contributed by atoms with Gasteiger partial charge in [-0.2, -0.15) is 18.4 Å². The fourth-order valence-electron chi connectivity index (χ4n) is 2.70. The summed E-state index contributed by atoms with van der Waals surface area (Å²) in [4.78, 5) is 1.97. The SMILES string of the molecule is CC1CC(C)N(c2ccc(C#N)c(C(F)(F)F)c2)C1. The lowest BCUT2D eigenvalue weighted by Crippen LogP contribution is -2.27. The van der Waals surface area contributed by atoms with Gasteiger partial charge in [0, 0.05) is 18.3 Å². The maximum absolute atomic E-state index is 12.9. The summed E-state index contributed by atoms with van der Waals surface area (Å²) >= 11 is 0. The van der Waals surface area contributed by atoms with Gasteiger partial charge in [-0.05, 0) is 37.5 Å². The van der Waals surface area contributed by atoms with Gasteiger partial charge in [-0.1, -0.05) is 6.92 Å². The van der Waals surface area contributed by atoms with Crippen LogP contribution in [0.15, 0.2) is 18.2 Å². The van der Waals surface area contributed by atoms with Gasteiger partial charge < -0.3 is 4.90 Å². The molecule has 0 spiro atoms. The third-order valence-electron chi connectivity index (χ3n) is 3.54. The largest absolute Gasteiger partial charge is 0.417 e. The number of nitrogens with zero attached hydrogens (tertiary/aromatic N) is 2. The van der Waals surface area contributed by atoms with E-state index in [9.17, 15) is 13.2 Å². The Morgan fingerprint density at radius 1 is 1.32 bits per heavy atom. The molecule has 5 heteroatoms. The number of nitriles is 1. The summed E-state index contributed by atoms with van der Waals surface area (Å²) in [5, 5.41) is 8.77. The lowest BCUT2D eigenvalue weighted by Gasteiger charge is -2.25. The van der Waals surface area contributed by atoms with Gasteiger partial charge in [0.2, 0.25) is 0 Å². The molecule has 0 aliphatic carbocycles. The van der Waals surface area contributed by atoms with E-state index in [1.54, 1.807) is 12.1 Å². The van der Waals surface area contributed by atoms with Gasteiger partial charge in [0.05, 0.1) is 17.2 Å². The van der Waals surface area contributed by atoms with Gasteiger partial charge in [-0.25, -0.2) is 0 Å². The van der Waals surface area contributed by atoms with Crippen LogP contribution in [0.4, 0.5) is 18.9 Å². The Bertz CT molecular complexity index is 516. The van der Waals surface area contributed by atoms with Crippen molar-refractivity contribution in [1.29, 1.82) is 5.26 Å². The van der Waals surface area contributed by atoms with Gasteiger partial charge in [0.25, 0.3) is 0 Å². The molecule has 0 saturated carbocycles. The molecule has 0 amide bonds. The van der Waals surface area contributed by atoms with Crippen LogP contribution in [0.1, 0.15) is 31.4 Å². The van der Waals surface area contributed by atoms with Crippen molar-refractivity contribution in [1.82, 2.24) is 0 Å². The van der Waals surface area contributed by atoms with Gasteiger partial charge in [-0.3, -0.25) is 0 Å². The van der Waals surface area contributed by atoms with Gasteiger partial charge in [0.15, 0.2) is 0 Å². The Morgan fingerprint density at radius 3 is 2.47 bits per heavy atom. The molecule has 1 saturated heterocycles. The standard InChI is InChI=1S/C14H15F3N2/c1-9-5-10(2)19(8-9)12-4-3-11(7-18)13(6-12)14(15,16)17/h3-4,6,9-10H,5,8H2,1-2H3. The van der Waals surface area contributed by atoms with E-state index in [0.717, 1.165) is 19.0 Å². The predicted octanol–water partition coefficient (Wildman–Crippen LogP) is 3.81. The van der Waals surface area contributed by atoms with Crippen LogP contribution >= 0.6 is 0 Å². The first kappa shape index (κ1) is 13.7. The minimum absolute atomic E-state index is 0.226. The fraction of sp³-hybridized carbons (Fsp3) is 0.500. The van der Waals surface area contributed by atoms with E-state index >= 15 is 0 Å². The van der Waals surface area contributed by atoms with Gasteiger partial charge in [0.1, 0.15) is 0 Å². The number of hydrogen-bond donors (Lipinski definition) is 0. The Morgan fingerprint density at radius 2 is 2.00 bits per heavy atom. The summed E-state index contributed by atoms with van der Waals surface area (Å²) in [6, 6.07) is 5.78. The number of alkyl halides is 3. The maximum Gasteiger partial charge on any atom is 0.417 e. The van der Waals surface area contributed by atoms with E-state index in [1.807, 2.05) is 11.8 Å². The maximum atomic E-state index is 12.9. The summed E-state index contributed by atoms with van der Waals surface area (Å²) in [7, 11) is 0. The van der Waals surface area contributed by atoms with Crippen LogP contribution in [0.5, 0.6) is 0 Å². The third kappa shape index (κ3) is 2.67. The molecule has 1 aromatic rings. The number of benzene rings is 1. The number of anilines is 1. The zero-order valence-electron chi connectivity index (χ0n) is 10.8. The molecule has 1 aromatic carbocycles.